The lowest BCUT2D eigenvalue weighted by Crippen LogP contribution is -2.14. The molecule has 17 heavy (non-hydrogen) atoms. The van der Waals surface area contributed by atoms with Crippen LogP contribution in [0.1, 0.15) is 33.2 Å². The first-order valence-electron chi connectivity index (χ1n) is 4.96. The number of benzene rings is 1. The number of esters is 1. The lowest BCUT2D eigenvalue weighted by Gasteiger charge is -2.09. The van der Waals surface area contributed by atoms with Gasteiger partial charge in [0, 0.05) is 10.9 Å². The maximum atomic E-state index is 12.0. The Hall–Kier alpha value is -0.680. The molecule has 0 aliphatic carbocycles. The van der Waals surface area contributed by atoms with Gasteiger partial charge in [-0.05, 0) is 24.6 Å². The van der Waals surface area contributed by atoms with Crippen molar-refractivity contribution in [1.82, 2.24) is 0 Å². The Morgan fingerprint density at radius 2 is 2.06 bits per heavy atom. The third kappa shape index (κ3) is 3.39. The summed E-state index contributed by atoms with van der Waals surface area (Å²) in [5.41, 5.74) is 1.77. The highest BCUT2D eigenvalue weighted by molar-refractivity contribution is 9.10. The molecule has 1 atom stereocenters. The number of ether oxygens (including phenoxy) is 1. The van der Waals surface area contributed by atoms with Gasteiger partial charge in [0.25, 0.3) is 0 Å². The molecule has 0 spiro atoms. The number of carbonyl (C=O) groups is 2. The molecule has 0 amide bonds. The van der Waals surface area contributed by atoms with Gasteiger partial charge in [-0.25, -0.2) is 4.79 Å². The molecular weight excluding hydrogens is 352 g/mol. The Labute approximate surface area is 117 Å². The summed E-state index contributed by atoms with van der Waals surface area (Å²) in [4.78, 5) is 23.1. The summed E-state index contributed by atoms with van der Waals surface area (Å²) < 4.78 is 4.63. The van der Waals surface area contributed by atoms with Crippen LogP contribution in [0.15, 0.2) is 18.2 Å². The van der Waals surface area contributed by atoms with Crippen molar-refractivity contribution in [1.29, 1.82) is 0 Å². The molecule has 1 aromatic rings. The summed E-state index contributed by atoms with van der Waals surface area (Å²) in [5.74, 6) is -0.493. The maximum Gasteiger partial charge on any atom is 0.337 e. The van der Waals surface area contributed by atoms with Crippen LogP contribution in [0.25, 0.3) is 0 Å². The molecule has 0 bridgehead atoms. The Bertz CT molecular complexity index is 441. The number of alkyl halides is 2. The summed E-state index contributed by atoms with van der Waals surface area (Å²) in [5, 5.41) is 0.565. The molecule has 0 heterocycles. The molecule has 0 saturated heterocycles. The lowest BCUT2D eigenvalue weighted by atomic mass is 10.00. The Morgan fingerprint density at radius 3 is 2.53 bits per heavy atom. The number of Topliss-reactive ketones (excluding diaryl/α,β-unsaturated/α-hetero) is 1. The van der Waals surface area contributed by atoms with Crippen molar-refractivity contribution in [2.45, 2.75) is 17.1 Å². The number of ketones is 1. The molecule has 1 rings (SSSR count). The number of hydrogen-bond donors (Lipinski definition) is 0. The largest absolute Gasteiger partial charge is 0.465 e. The molecule has 0 aromatic heterocycles. The Kier molecular flexibility index (Phi) is 5.33. The van der Waals surface area contributed by atoms with E-state index in [0.29, 0.717) is 16.5 Å². The van der Waals surface area contributed by atoms with Gasteiger partial charge in [-0.2, -0.15) is 0 Å². The third-order valence-corrected chi connectivity index (χ3v) is 3.32. The van der Waals surface area contributed by atoms with Crippen LogP contribution in [0.2, 0.25) is 0 Å². The molecule has 0 aliphatic rings. The predicted molar refractivity (Wildman–Crippen MR) is 73.1 cm³/mol. The maximum absolute atomic E-state index is 12.0. The zero-order valence-electron chi connectivity index (χ0n) is 9.50. The summed E-state index contributed by atoms with van der Waals surface area (Å²) in [6.45, 7) is 1.76. The van der Waals surface area contributed by atoms with Crippen LogP contribution in [0.5, 0.6) is 0 Å². The first-order chi connectivity index (χ1) is 8.01. The summed E-state index contributed by atoms with van der Waals surface area (Å²) in [6, 6.07) is 4.98. The van der Waals surface area contributed by atoms with Gasteiger partial charge < -0.3 is 4.74 Å². The predicted octanol–water partition coefficient (Wildman–Crippen LogP) is 3.33. The fourth-order valence-electron chi connectivity index (χ4n) is 1.38. The van der Waals surface area contributed by atoms with Gasteiger partial charge in [0.15, 0.2) is 5.78 Å². The summed E-state index contributed by atoms with van der Waals surface area (Å²) >= 11 is 6.56. The SMILES string of the molecule is COC(=O)c1ccc(CBr)c(C(=O)C(C)Br)c1. The van der Waals surface area contributed by atoms with Crippen molar-refractivity contribution in [2.24, 2.45) is 0 Å². The van der Waals surface area contributed by atoms with Crippen LogP contribution in [-0.2, 0) is 10.1 Å². The average Bonchev–Trinajstić information content (AvgIpc) is 2.35. The van der Waals surface area contributed by atoms with Crippen molar-refractivity contribution in [3.63, 3.8) is 0 Å². The molecule has 0 fully saturated rings. The van der Waals surface area contributed by atoms with Crippen molar-refractivity contribution >= 4 is 43.6 Å². The molecule has 1 unspecified atom stereocenters. The molecule has 0 N–H and O–H groups in total. The third-order valence-electron chi connectivity index (χ3n) is 2.30. The molecule has 0 radical (unpaired) electrons. The van der Waals surface area contributed by atoms with Crippen molar-refractivity contribution in [2.75, 3.05) is 7.11 Å². The number of carbonyl (C=O) groups excluding carboxylic acids is 2. The van der Waals surface area contributed by atoms with Gasteiger partial charge in [-0.15, -0.1) is 0 Å². The number of hydrogen-bond acceptors (Lipinski definition) is 3. The van der Waals surface area contributed by atoms with E-state index in [2.05, 4.69) is 36.6 Å². The van der Waals surface area contributed by atoms with Crippen LogP contribution in [0.3, 0.4) is 0 Å². The average molecular weight is 364 g/mol. The molecule has 3 nitrogen and oxygen atoms in total. The molecular formula is C12H12Br2O3. The van der Waals surface area contributed by atoms with E-state index in [-0.39, 0.29) is 10.6 Å². The zero-order valence-corrected chi connectivity index (χ0v) is 12.7. The summed E-state index contributed by atoms with van der Waals surface area (Å²) in [6.07, 6.45) is 0. The van der Waals surface area contributed by atoms with Crippen molar-refractivity contribution < 1.29 is 14.3 Å². The number of methoxy groups -OCH3 is 1. The van der Waals surface area contributed by atoms with Crippen molar-refractivity contribution in [3.05, 3.63) is 34.9 Å². The fraction of sp³-hybridized carbons (Fsp3) is 0.333. The van der Waals surface area contributed by atoms with Gasteiger partial charge in [-0.3, -0.25) is 4.79 Å². The van der Waals surface area contributed by atoms with E-state index in [0.717, 1.165) is 5.56 Å². The van der Waals surface area contributed by atoms with Crippen LogP contribution in [-0.4, -0.2) is 23.7 Å². The highest BCUT2D eigenvalue weighted by atomic mass is 79.9. The fourth-order valence-corrected chi connectivity index (χ4v) is 2.12. The first-order valence-corrected chi connectivity index (χ1v) is 7.00. The topological polar surface area (TPSA) is 43.4 Å². The van der Waals surface area contributed by atoms with E-state index in [1.807, 2.05) is 0 Å². The van der Waals surface area contributed by atoms with Crippen LogP contribution in [0.4, 0.5) is 0 Å². The quantitative estimate of drug-likeness (QED) is 0.468. The second kappa shape index (κ2) is 6.31. The van der Waals surface area contributed by atoms with Crippen molar-refractivity contribution in [3.8, 4) is 0 Å². The molecule has 1 aromatic carbocycles. The van der Waals surface area contributed by atoms with Crippen LogP contribution >= 0.6 is 31.9 Å². The van der Waals surface area contributed by atoms with E-state index in [4.69, 9.17) is 0 Å². The Morgan fingerprint density at radius 1 is 1.41 bits per heavy atom. The van der Waals surface area contributed by atoms with E-state index >= 15 is 0 Å². The monoisotopic (exact) mass is 362 g/mol. The highest BCUT2D eigenvalue weighted by Crippen LogP contribution is 2.19. The lowest BCUT2D eigenvalue weighted by molar-refractivity contribution is 0.0600. The second-order valence-corrected chi connectivity index (χ2v) is 5.41. The zero-order chi connectivity index (χ0) is 13.0. The van der Waals surface area contributed by atoms with Gasteiger partial charge >= 0.3 is 5.97 Å². The number of rotatable bonds is 4. The van der Waals surface area contributed by atoms with E-state index in [1.54, 1.807) is 25.1 Å². The van der Waals surface area contributed by atoms with E-state index in [1.165, 1.54) is 7.11 Å². The van der Waals surface area contributed by atoms with Gasteiger partial charge in [0.2, 0.25) is 0 Å². The smallest absolute Gasteiger partial charge is 0.337 e. The minimum Gasteiger partial charge on any atom is -0.465 e. The van der Waals surface area contributed by atoms with Gasteiger partial charge in [0.1, 0.15) is 0 Å². The minimum atomic E-state index is -0.442. The van der Waals surface area contributed by atoms with Crippen LogP contribution < -0.4 is 0 Å². The normalized spacial score (nSPS) is 12.0. The number of halogens is 2. The molecule has 0 aliphatic heterocycles. The van der Waals surface area contributed by atoms with Gasteiger partial charge in [0.05, 0.1) is 17.5 Å². The van der Waals surface area contributed by atoms with Gasteiger partial charge in [-0.1, -0.05) is 37.9 Å². The van der Waals surface area contributed by atoms with E-state index in [9.17, 15) is 9.59 Å². The standard InChI is InChI=1S/C12H12Br2O3/c1-7(14)11(15)10-5-8(12(16)17-2)3-4-9(10)6-13/h3-5,7H,6H2,1-2H3. The summed E-state index contributed by atoms with van der Waals surface area (Å²) in [7, 11) is 1.31. The highest BCUT2D eigenvalue weighted by Gasteiger charge is 2.18. The molecule has 92 valence electrons. The minimum absolute atomic E-state index is 0.0507. The molecule has 5 heteroatoms. The second-order valence-electron chi connectivity index (χ2n) is 3.48. The van der Waals surface area contributed by atoms with E-state index < -0.39 is 5.97 Å². The molecule has 0 saturated carbocycles. The van der Waals surface area contributed by atoms with Crippen LogP contribution in [0, 0.1) is 0 Å². The Balaban J connectivity index is 3.24. The first kappa shape index (κ1) is 14.4.